The molecule has 3 aromatic heterocycles. The third-order valence-corrected chi connectivity index (χ3v) is 3.47. The van der Waals surface area contributed by atoms with Crippen molar-refractivity contribution in [3.05, 3.63) is 28.9 Å². The highest BCUT2D eigenvalue weighted by Crippen LogP contribution is 2.26. The van der Waals surface area contributed by atoms with E-state index in [0.29, 0.717) is 10.9 Å². The van der Waals surface area contributed by atoms with Crippen LogP contribution in [0.2, 0.25) is 5.15 Å². The van der Waals surface area contributed by atoms with Crippen molar-refractivity contribution < 1.29 is 0 Å². The first-order valence-electron chi connectivity index (χ1n) is 6.25. The molecule has 0 spiro atoms. The van der Waals surface area contributed by atoms with Crippen LogP contribution in [0.3, 0.4) is 0 Å². The number of aryl methyl sites for hydroxylation is 2. The van der Waals surface area contributed by atoms with Crippen LogP contribution in [-0.4, -0.2) is 29.4 Å². The zero-order chi connectivity index (χ0) is 14.3. The van der Waals surface area contributed by atoms with Crippen molar-refractivity contribution in [1.29, 1.82) is 0 Å². The van der Waals surface area contributed by atoms with E-state index in [0.717, 1.165) is 29.2 Å². The molecule has 0 saturated carbocycles. The number of hydrogen-bond donors (Lipinski definition) is 1. The standard InChI is InChI=1S/C12H14ClN7/c1-4-8-9(5-19(3)18-8)16-11-7(2)10(13)17-12-14-6-15-20(11)12/h5-6,16H,4H2,1-3H3. The van der Waals surface area contributed by atoms with Gasteiger partial charge in [0.2, 0.25) is 0 Å². The summed E-state index contributed by atoms with van der Waals surface area (Å²) < 4.78 is 3.41. The van der Waals surface area contributed by atoms with Crippen LogP contribution in [0, 0.1) is 6.92 Å². The van der Waals surface area contributed by atoms with Crippen molar-refractivity contribution in [3.8, 4) is 0 Å². The zero-order valence-corrected chi connectivity index (χ0v) is 12.2. The molecule has 0 atom stereocenters. The van der Waals surface area contributed by atoms with Gasteiger partial charge in [0.05, 0.1) is 11.4 Å². The van der Waals surface area contributed by atoms with E-state index in [4.69, 9.17) is 11.6 Å². The van der Waals surface area contributed by atoms with Crippen LogP contribution < -0.4 is 5.32 Å². The minimum Gasteiger partial charge on any atom is -0.337 e. The summed E-state index contributed by atoms with van der Waals surface area (Å²) >= 11 is 6.14. The van der Waals surface area contributed by atoms with Gasteiger partial charge in [0, 0.05) is 18.8 Å². The van der Waals surface area contributed by atoms with Crippen molar-refractivity contribution in [2.75, 3.05) is 5.32 Å². The fourth-order valence-corrected chi connectivity index (χ4v) is 2.24. The SMILES string of the molecule is CCc1nn(C)cc1Nc1c(C)c(Cl)nc2ncnn12. The summed E-state index contributed by atoms with van der Waals surface area (Å²) in [7, 11) is 1.89. The Kier molecular flexibility index (Phi) is 3.06. The summed E-state index contributed by atoms with van der Waals surface area (Å²) in [6, 6.07) is 0. The summed E-state index contributed by atoms with van der Waals surface area (Å²) in [6.07, 6.45) is 4.21. The Morgan fingerprint density at radius 2 is 2.20 bits per heavy atom. The topological polar surface area (TPSA) is 72.9 Å². The van der Waals surface area contributed by atoms with Gasteiger partial charge in [-0.3, -0.25) is 4.68 Å². The molecule has 0 amide bonds. The lowest BCUT2D eigenvalue weighted by atomic mass is 10.3. The Hall–Kier alpha value is -2.15. The van der Waals surface area contributed by atoms with Gasteiger partial charge in [-0.25, -0.2) is 0 Å². The maximum Gasteiger partial charge on any atom is 0.255 e. The van der Waals surface area contributed by atoms with Crippen molar-refractivity contribution >= 4 is 28.9 Å². The van der Waals surface area contributed by atoms with Crippen LogP contribution in [0.5, 0.6) is 0 Å². The molecule has 0 aliphatic rings. The van der Waals surface area contributed by atoms with Gasteiger partial charge >= 0.3 is 0 Å². The van der Waals surface area contributed by atoms with Gasteiger partial charge in [0.15, 0.2) is 0 Å². The van der Waals surface area contributed by atoms with E-state index in [1.54, 1.807) is 9.20 Å². The number of hydrogen-bond acceptors (Lipinski definition) is 5. The van der Waals surface area contributed by atoms with Crippen LogP contribution in [0.1, 0.15) is 18.2 Å². The first-order chi connectivity index (χ1) is 9.60. The van der Waals surface area contributed by atoms with Gasteiger partial charge in [-0.1, -0.05) is 18.5 Å². The van der Waals surface area contributed by atoms with Gasteiger partial charge in [-0.2, -0.15) is 24.7 Å². The lowest BCUT2D eigenvalue weighted by Crippen LogP contribution is -2.05. The van der Waals surface area contributed by atoms with E-state index in [2.05, 4.69) is 32.4 Å². The highest BCUT2D eigenvalue weighted by Gasteiger charge is 2.14. The molecule has 104 valence electrons. The molecule has 3 aromatic rings. The van der Waals surface area contributed by atoms with Crippen LogP contribution >= 0.6 is 11.6 Å². The first kappa shape index (κ1) is 12.9. The predicted molar refractivity (Wildman–Crippen MR) is 76.4 cm³/mol. The van der Waals surface area contributed by atoms with E-state index >= 15 is 0 Å². The number of fused-ring (bicyclic) bond motifs is 1. The molecule has 0 fully saturated rings. The third kappa shape index (κ3) is 2.00. The number of anilines is 2. The maximum absolute atomic E-state index is 6.14. The normalized spacial score (nSPS) is 11.2. The summed E-state index contributed by atoms with van der Waals surface area (Å²) in [4.78, 5) is 8.25. The molecule has 20 heavy (non-hydrogen) atoms. The van der Waals surface area contributed by atoms with Crippen LogP contribution in [0.15, 0.2) is 12.5 Å². The number of nitrogens with zero attached hydrogens (tertiary/aromatic N) is 6. The van der Waals surface area contributed by atoms with Gasteiger partial charge in [0.25, 0.3) is 5.78 Å². The Labute approximate surface area is 120 Å². The molecule has 0 radical (unpaired) electrons. The molecule has 1 N–H and O–H groups in total. The second kappa shape index (κ2) is 4.75. The summed E-state index contributed by atoms with van der Waals surface area (Å²) in [6.45, 7) is 3.95. The first-order valence-corrected chi connectivity index (χ1v) is 6.63. The molecule has 0 bridgehead atoms. The lowest BCUT2D eigenvalue weighted by Gasteiger charge is -2.11. The van der Waals surface area contributed by atoms with Crippen LogP contribution in [0.25, 0.3) is 5.78 Å². The highest BCUT2D eigenvalue weighted by molar-refractivity contribution is 6.30. The molecule has 0 aliphatic heterocycles. The fraction of sp³-hybridized carbons (Fsp3) is 0.333. The largest absolute Gasteiger partial charge is 0.337 e. The Balaban J connectivity index is 2.14. The van der Waals surface area contributed by atoms with Gasteiger partial charge in [0.1, 0.15) is 17.3 Å². The second-order valence-electron chi connectivity index (χ2n) is 4.49. The molecule has 0 aromatic carbocycles. The van der Waals surface area contributed by atoms with Crippen molar-refractivity contribution in [3.63, 3.8) is 0 Å². The second-order valence-corrected chi connectivity index (χ2v) is 4.85. The average Bonchev–Trinajstić information content (AvgIpc) is 3.00. The molecule has 0 unspecified atom stereocenters. The number of halogens is 1. The average molecular weight is 292 g/mol. The lowest BCUT2D eigenvalue weighted by molar-refractivity contribution is 0.746. The zero-order valence-electron chi connectivity index (χ0n) is 11.4. The third-order valence-electron chi connectivity index (χ3n) is 3.10. The molecular weight excluding hydrogens is 278 g/mol. The molecular formula is C12H14ClN7. The summed E-state index contributed by atoms with van der Waals surface area (Å²) in [5.41, 5.74) is 2.72. The monoisotopic (exact) mass is 291 g/mol. The Morgan fingerprint density at radius 1 is 1.40 bits per heavy atom. The van der Waals surface area contributed by atoms with Crippen molar-refractivity contribution in [2.45, 2.75) is 20.3 Å². The van der Waals surface area contributed by atoms with E-state index in [-0.39, 0.29) is 0 Å². The van der Waals surface area contributed by atoms with E-state index in [1.807, 2.05) is 20.2 Å². The maximum atomic E-state index is 6.14. The van der Waals surface area contributed by atoms with Gasteiger partial charge in [-0.05, 0) is 13.3 Å². The predicted octanol–water partition coefficient (Wildman–Crippen LogP) is 2.13. The van der Waals surface area contributed by atoms with Gasteiger partial charge in [-0.15, -0.1) is 0 Å². The minimum absolute atomic E-state index is 0.412. The van der Waals surface area contributed by atoms with E-state index in [1.165, 1.54) is 6.33 Å². The Morgan fingerprint density at radius 3 is 2.95 bits per heavy atom. The summed E-state index contributed by atoms with van der Waals surface area (Å²) in [5, 5.41) is 12.3. The quantitative estimate of drug-likeness (QED) is 0.748. The molecule has 0 saturated heterocycles. The molecule has 7 nitrogen and oxygen atoms in total. The van der Waals surface area contributed by atoms with Crippen molar-refractivity contribution in [1.82, 2.24) is 29.4 Å². The van der Waals surface area contributed by atoms with Gasteiger partial charge < -0.3 is 5.32 Å². The highest BCUT2D eigenvalue weighted by atomic mass is 35.5. The van der Waals surface area contributed by atoms with E-state index < -0.39 is 0 Å². The van der Waals surface area contributed by atoms with Crippen LogP contribution in [0.4, 0.5) is 11.5 Å². The minimum atomic E-state index is 0.412. The van der Waals surface area contributed by atoms with E-state index in [9.17, 15) is 0 Å². The Bertz CT molecular complexity index is 774. The molecule has 3 rings (SSSR count). The number of nitrogens with one attached hydrogen (secondary N) is 1. The number of rotatable bonds is 3. The molecule has 8 heteroatoms. The van der Waals surface area contributed by atoms with Crippen LogP contribution in [-0.2, 0) is 13.5 Å². The fourth-order valence-electron chi connectivity index (χ4n) is 2.07. The summed E-state index contributed by atoms with van der Waals surface area (Å²) in [5.74, 6) is 1.21. The molecule has 0 aliphatic carbocycles. The molecule has 3 heterocycles. The number of aromatic nitrogens is 6. The van der Waals surface area contributed by atoms with Crippen molar-refractivity contribution in [2.24, 2.45) is 7.05 Å². The smallest absolute Gasteiger partial charge is 0.255 e.